The van der Waals surface area contributed by atoms with E-state index in [9.17, 15) is 14.7 Å². The van der Waals surface area contributed by atoms with E-state index in [2.05, 4.69) is 13.8 Å². The van der Waals surface area contributed by atoms with Gasteiger partial charge >= 0.3 is 11.9 Å². The largest absolute Gasteiger partial charge is 0.466 e. The Hall–Kier alpha value is -1.14. The number of aliphatic hydroxyl groups excluding tert-OH is 1. The van der Waals surface area contributed by atoms with Crippen LogP contribution in [0.25, 0.3) is 0 Å². The predicted octanol–water partition coefficient (Wildman–Crippen LogP) is 6.65. The lowest BCUT2D eigenvalue weighted by atomic mass is 10.0. The number of esters is 2. The lowest BCUT2D eigenvalue weighted by Crippen LogP contribution is -2.40. The summed E-state index contributed by atoms with van der Waals surface area (Å²) in [6.07, 6.45) is 19.7. The van der Waals surface area contributed by atoms with Gasteiger partial charge in [0.1, 0.15) is 12.2 Å². The first-order chi connectivity index (χ1) is 16.5. The summed E-state index contributed by atoms with van der Waals surface area (Å²) < 4.78 is 16.7. The zero-order valence-corrected chi connectivity index (χ0v) is 22.1. The fraction of sp³-hybridized carbons (Fsp3) is 0.929. The summed E-state index contributed by atoms with van der Waals surface area (Å²) in [4.78, 5) is 24.0. The molecule has 0 radical (unpaired) electrons. The molecule has 1 aliphatic rings. The van der Waals surface area contributed by atoms with Crippen LogP contribution in [-0.2, 0) is 23.8 Å². The van der Waals surface area contributed by atoms with Crippen molar-refractivity contribution in [1.82, 2.24) is 0 Å². The second-order valence-corrected chi connectivity index (χ2v) is 10.1. The average molecular weight is 485 g/mol. The number of hydrogen-bond acceptors (Lipinski definition) is 6. The summed E-state index contributed by atoms with van der Waals surface area (Å²) in [6.45, 7) is 4.62. The molecule has 2 atom stereocenters. The molecule has 0 aromatic carbocycles. The summed E-state index contributed by atoms with van der Waals surface area (Å²) in [5, 5.41) is 9.80. The van der Waals surface area contributed by atoms with Crippen molar-refractivity contribution in [3.63, 3.8) is 0 Å². The highest BCUT2D eigenvalue weighted by Crippen LogP contribution is 2.32. The molecule has 1 rings (SSSR count). The van der Waals surface area contributed by atoms with Gasteiger partial charge in [-0.1, -0.05) is 97.3 Å². The quantitative estimate of drug-likeness (QED) is 0.137. The minimum atomic E-state index is -0.888. The number of hydrogen-bond donors (Lipinski definition) is 1. The van der Waals surface area contributed by atoms with Crippen LogP contribution in [0.2, 0.25) is 0 Å². The number of rotatable bonds is 22. The Morgan fingerprint density at radius 2 is 1.35 bits per heavy atom. The number of ether oxygens (including phenoxy) is 3. The summed E-state index contributed by atoms with van der Waals surface area (Å²) >= 11 is 0. The molecule has 1 heterocycles. The van der Waals surface area contributed by atoms with Crippen LogP contribution in [0.1, 0.15) is 136 Å². The van der Waals surface area contributed by atoms with E-state index >= 15 is 0 Å². The van der Waals surface area contributed by atoms with Gasteiger partial charge in [-0.05, 0) is 25.7 Å². The highest BCUT2D eigenvalue weighted by molar-refractivity contribution is 5.70. The van der Waals surface area contributed by atoms with Crippen LogP contribution >= 0.6 is 0 Å². The van der Waals surface area contributed by atoms with E-state index in [1.165, 1.54) is 64.2 Å². The van der Waals surface area contributed by atoms with Crippen LogP contribution in [0.4, 0.5) is 0 Å². The Kier molecular flexibility index (Phi) is 18.3. The van der Waals surface area contributed by atoms with E-state index in [4.69, 9.17) is 14.2 Å². The van der Waals surface area contributed by atoms with Crippen LogP contribution in [0.15, 0.2) is 0 Å². The Morgan fingerprint density at radius 1 is 0.794 bits per heavy atom. The lowest BCUT2D eigenvalue weighted by Gasteiger charge is -2.26. The third-order valence-electron chi connectivity index (χ3n) is 6.76. The van der Waals surface area contributed by atoms with Crippen molar-refractivity contribution >= 4 is 11.9 Å². The Morgan fingerprint density at radius 3 is 1.94 bits per heavy atom. The zero-order valence-electron chi connectivity index (χ0n) is 22.1. The second kappa shape index (κ2) is 20.1. The van der Waals surface area contributed by atoms with Gasteiger partial charge in [0.05, 0.1) is 25.7 Å². The summed E-state index contributed by atoms with van der Waals surface area (Å²) in [7, 11) is 0. The lowest BCUT2D eigenvalue weighted by molar-refractivity contribution is -0.163. The molecule has 0 bridgehead atoms. The minimum Gasteiger partial charge on any atom is -0.466 e. The number of carbonyl (C=O) groups is 2. The minimum absolute atomic E-state index is 0.0405. The molecular weight excluding hydrogens is 432 g/mol. The van der Waals surface area contributed by atoms with E-state index in [1.807, 2.05) is 0 Å². The Labute approximate surface area is 208 Å². The molecule has 1 N–H and O–H groups in total. The van der Waals surface area contributed by atoms with Gasteiger partial charge in [-0.2, -0.15) is 0 Å². The van der Waals surface area contributed by atoms with Crippen molar-refractivity contribution in [3.05, 3.63) is 0 Å². The normalized spacial score (nSPS) is 19.9. The molecule has 0 amide bonds. The molecule has 0 spiro atoms. The topological polar surface area (TPSA) is 82.1 Å². The molecule has 6 nitrogen and oxygen atoms in total. The third-order valence-corrected chi connectivity index (χ3v) is 6.76. The predicted molar refractivity (Wildman–Crippen MR) is 136 cm³/mol. The van der Waals surface area contributed by atoms with Gasteiger partial charge < -0.3 is 19.3 Å². The number of aliphatic hydroxyl groups is 1. The fourth-order valence-electron chi connectivity index (χ4n) is 4.48. The van der Waals surface area contributed by atoms with Gasteiger partial charge in [0, 0.05) is 6.42 Å². The van der Waals surface area contributed by atoms with Gasteiger partial charge in [0.2, 0.25) is 0 Å². The maximum atomic E-state index is 12.2. The summed E-state index contributed by atoms with van der Waals surface area (Å²) in [5.41, 5.74) is -0.888. The van der Waals surface area contributed by atoms with Gasteiger partial charge in [-0.25, -0.2) is 0 Å². The molecule has 1 saturated heterocycles. The van der Waals surface area contributed by atoms with Crippen LogP contribution < -0.4 is 0 Å². The standard InChI is InChI=1S/C28H52O6/c1-3-5-7-8-9-10-11-12-13-14-15-17-21-32-27(31)22-25-19-20-28(23-29,34-25)24-33-26(30)18-16-6-4-2/h25,29H,3-24H2,1-2H3/t25-,28-/m0/s1. The number of carbonyl (C=O) groups excluding carboxylic acids is 2. The van der Waals surface area contributed by atoms with E-state index in [0.717, 1.165) is 32.1 Å². The van der Waals surface area contributed by atoms with E-state index in [-0.39, 0.29) is 37.7 Å². The van der Waals surface area contributed by atoms with Crippen LogP contribution in [0, 0.1) is 0 Å². The summed E-state index contributed by atoms with van der Waals surface area (Å²) in [6, 6.07) is 0. The highest BCUT2D eigenvalue weighted by atomic mass is 16.6. The second-order valence-electron chi connectivity index (χ2n) is 10.1. The molecule has 34 heavy (non-hydrogen) atoms. The summed E-state index contributed by atoms with van der Waals surface area (Å²) in [5.74, 6) is -0.506. The van der Waals surface area contributed by atoms with Crippen LogP contribution in [0.3, 0.4) is 0 Å². The van der Waals surface area contributed by atoms with Crippen molar-refractivity contribution in [2.24, 2.45) is 0 Å². The molecular formula is C28H52O6. The maximum absolute atomic E-state index is 12.2. The molecule has 1 aliphatic heterocycles. The smallest absolute Gasteiger partial charge is 0.308 e. The van der Waals surface area contributed by atoms with E-state index in [0.29, 0.717) is 25.9 Å². The molecule has 0 aromatic heterocycles. The molecule has 200 valence electrons. The van der Waals surface area contributed by atoms with Gasteiger partial charge in [0.25, 0.3) is 0 Å². The average Bonchev–Trinajstić information content (AvgIpc) is 3.24. The Bertz CT molecular complexity index is 523. The van der Waals surface area contributed by atoms with Crippen molar-refractivity contribution in [2.75, 3.05) is 19.8 Å². The molecule has 6 heteroatoms. The molecule has 0 aromatic rings. The first-order valence-electron chi connectivity index (χ1n) is 14.1. The molecule has 0 unspecified atom stereocenters. The highest BCUT2D eigenvalue weighted by Gasteiger charge is 2.41. The first kappa shape index (κ1) is 30.9. The Balaban J connectivity index is 2.04. The van der Waals surface area contributed by atoms with E-state index < -0.39 is 5.60 Å². The number of unbranched alkanes of at least 4 members (excludes halogenated alkanes) is 13. The van der Waals surface area contributed by atoms with Crippen molar-refractivity contribution in [3.8, 4) is 0 Å². The van der Waals surface area contributed by atoms with Crippen molar-refractivity contribution in [2.45, 2.75) is 148 Å². The SMILES string of the molecule is CCCCCCCCCCCCCCOC(=O)C[C@@H]1CC[C@](CO)(COC(=O)CCCCC)O1. The van der Waals surface area contributed by atoms with Crippen LogP contribution in [0.5, 0.6) is 0 Å². The molecule has 0 aliphatic carbocycles. The maximum Gasteiger partial charge on any atom is 0.308 e. The molecule has 0 saturated carbocycles. The van der Waals surface area contributed by atoms with E-state index in [1.54, 1.807) is 0 Å². The van der Waals surface area contributed by atoms with Gasteiger partial charge in [0.15, 0.2) is 0 Å². The van der Waals surface area contributed by atoms with Gasteiger partial charge in [-0.15, -0.1) is 0 Å². The van der Waals surface area contributed by atoms with Gasteiger partial charge in [-0.3, -0.25) is 9.59 Å². The molecule has 1 fully saturated rings. The van der Waals surface area contributed by atoms with Crippen molar-refractivity contribution < 1.29 is 28.9 Å². The third kappa shape index (κ3) is 15.0. The monoisotopic (exact) mass is 484 g/mol. The zero-order chi connectivity index (χ0) is 24.9. The van der Waals surface area contributed by atoms with Crippen molar-refractivity contribution in [1.29, 1.82) is 0 Å². The fourth-order valence-corrected chi connectivity index (χ4v) is 4.48. The van der Waals surface area contributed by atoms with Crippen LogP contribution in [-0.4, -0.2) is 48.6 Å². The first-order valence-corrected chi connectivity index (χ1v) is 14.1.